The van der Waals surface area contributed by atoms with Gasteiger partial charge in [-0.25, -0.2) is 4.57 Å². The fourth-order valence-corrected chi connectivity index (χ4v) is 3.02. The molecule has 1 fully saturated rings. The maximum atomic E-state index is 12.4. The van der Waals surface area contributed by atoms with Gasteiger partial charge in [-0.3, -0.25) is 19.2 Å². The first-order valence-corrected chi connectivity index (χ1v) is 7.29. The van der Waals surface area contributed by atoms with E-state index in [0.717, 1.165) is 0 Å². The van der Waals surface area contributed by atoms with Crippen LogP contribution >= 0.6 is 7.75 Å². The molecule has 1 heterocycles. The molecule has 0 atom stereocenters. The minimum atomic E-state index is -3.61. The number of carbonyl (C=O) groups excluding carboxylic acids is 1. The van der Waals surface area contributed by atoms with Crippen LogP contribution in [0.5, 0.6) is 0 Å². The summed E-state index contributed by atoms with van der Waals surface area (Å²) < 4.78 is 26.9. The Morgan fingerprint density at radius 2 is 1.78 bits per heavy atom. The molecule has 104 valence electrons. The van der Waals surface area contributed by atoms with Crippen molar-refractivity contribution in [2.24, 2.45) is 4.76 Å². The third-order valence-electron chi connectivity index (χ3n) is 1.90. The third kappa shape index (κ3) is 4.40. The molecule has 1 N–H and O–H groups in total. The van der Waals surface area contributed by atoms with Crippen LogP contribution in [0.25, 0.3) is 0 Å². The van der Waals surface area contributed by atoms with Crippen LogP contribution in [0.3, 0.4) is 0 Å². The number of nitrogens with one attached hydrogen (secondary N) is 1. The van der Waals surface area contributed by atoms with Crippen molar-refractivity contribution in [1.82, 2.24) is 10.2 Å². The Bertz CT molecular complexity index is 381. The fraction of sp³-hybridized carbons (Fsp3) is 0.800. The van der Waals surface area contributed by atoms with E-state index in [1.807, 2.05) is 0 Å². The summed E-state index contributed by atoms with van der Waals surface area (Å²) in [6.45, 7) is 7.16. The van der Waals surface area contributed by atoms with E-state index in [1.165, 1.54) is 0 Å². The van der Waals surface area contributed by atoms with Crippen molar-refractivity contribution in [3.05, 3.63) is 0 Å². The van der Waals surface area contributed by atoms with E-state index in [1.54, 1.807) is 39.6 Å². The van der Waals surface area contributed by atoms with E-state index in [0.29, 0.717) is 0 Å². The molecule has 0 aromatic heterocycles. The lowest BCUT2D eigenvalue weighted by Gasteiger charge is -2.20. The van der Waals surface area contributed by atoms with Gasteiger partial charge in [0.2, 0.25) is 11.9 Å². The minimum absolute atomic E-state index is 0.183. The smallest absolute Gasteiger partial charge is 0.336 e. The summed E-state index contributed by atoms with van der Waals surface area (Å²) in [5.41, 5.74) is 0. The number of likely N-dealkylation sites (N-methyl/N-ethyl adjacent to an activating group) is 1. The van der Waals surface area contributed by atoms with Gasteiger partial charge in [-0.05, 0) is 27.7 Å². The van der Waals surface area contributed by atoms with Crippen LogP contribution in [0.15, 0.2) is 4.76 Å². The van der Waals surface area contributed by atoms with Gasteiger partial charge in [0.1, 0.15) is 0 Å². The highest BCUT2D eigenvalue weighted by Gasteiger charge is 2.32. The van der Waals surface area contributed by atoms with Crippen molar-refractivity contribution >= 4 is 19.6 Å². The largest absolute Gasteiger partial charge is 0.457 e. The standard InChI is InChI=1S/C10H20N3O4P/c1-7(2)16-18(15,17-8(3)4)12-10-11-9(14)6-13(10)5/h7-8H,6H2,1-5H3,(H,11,12,14,15). The first-order chi connectivity index (χ1) is 8.22. The molecular weight excluding hydrogens is 257 g/mol. The van der Waals surface area contributed by atoms with E-state index >= 15 is 0 Å². The lowest BCUT2D eigenvalue weighted by atomic mass is 10.5. The molecular formula is C10H20N3O4P. The molecule has 0 radical (unpaired) electrons. The second-order valence-electron chi connectivity index (χ2n) is 4.60. The summed E-state index contributed by atoms with van der Waals surface area (Å²) >= 11 is 0. The Morgan fingerprint density at radius 1 is 1.28 bits per heavy atom. The Labute approximate surface area is 107 Å². The van der Waals surface area contributed by atoms with Gasteiger partial charge in [-0.15, -0.1) is 4.76 Å². The molecule has 1 amide bonds. The number of guanidine groups is 1. The highest BCUT2D eigenvalue weighted by atomic mass is 31.2. The summed E-state index contributed by atoms with van der Waals surface area (Å²) in [7, 11) is -1.94. The predicted octanol–water partition coefficient (Wildman–Crippen LogP) is 1.36. The topological polar surface area (TPSA) is 80.2 Å². The Hall–Kier alpha value is -0.910. The van der Waals surface area contributed by atoms with Crippen molar-refractivity contribution in [1.29, 1.82) is 0 Å². The molecule has 1 aliphatic rings. The summed E-state index contributed by atoms with van der Waals surface area (Å²) in [6, 6.07) is 0. The SMILES string of the molecule is CC(C)OP(=O)(/N=C1/NC(=O)CN1C)OC(C)C. The normalized spacial score (nSPS) is 19.2. The zero-order valence-electron chi connectivity index (χ0n) is 11.3. The van der Waals surface area contributed by atoms with Crippen LogP contribution in [0.1, 0.15) is 27.7 Å². The van der Waals surface area contributed by atoms with Gasteiger partial charge >= 0.3 is 7.75 Å². The highest BCUT2D eigenvalue weighted by molar-refractivity contribution is 7.52. The van der Waals surface area contributed by atoms with Crippen LogP contribution in [-0.4, -0.2) is 42.6 Å². The number of carbonyl (C=O) groups is 1. The summed E-state index contributed by atoms with van der Waals surface area (Å²) in [4.78, 5) is 12.7. The van der Waals surface area contributed by atoms with Crippen molar-refractivity contribution in [2.75, 3.05) is 13.6 Å². The van der Waals surface area contributed by atoms with Crippen molar-refractivity contribution in [3.8, 4) is 0 Å². The average Bonchev–Trinajstić information content (AvgIpc) is 2.40. The maximum Gasteiger partial charge on any atom is 0.457 e. The van der Waals surface area contributed by atoms with Crippen LogP contribution in [0, 0.1) is 0 Å². The lowest BCUT2D eigenvalue weighted by Crippen LogP contribution is -2.27. The van der Waals surface area contributed by atoms with Gasteiger partial charge in [0.25, 0.3) is 0 Å². The van der Waals surface area contributed by atoms with Crippen molar-refractivity contribution in [2.45, 2.75) is 39.9 Å². The second kappa shape index (κ2) is 5.82. The Balaban J connectivity index is 2.94. The molecule has 18 heavy (non-hydrogen) atoms. The third-order valence-corrected chi connectivity index (χ3v) is 3.71. The first kappa shape index (κ1) is 15.1. The van der Waals surface area contributed by atoms with Gasteiger partial charge in [0, 0.05) is 7.05 Å². The molecule has 1 saturated heterocycles. The Kier molecular flexibility index (Phi) is 4.90. The van der Waals surface area contributed by atoms with Crippen molar-refractivity contribution < 1.29 is 18.4 Å². The summed E-state index contributed by atoms with van der Waals surface area (Å²) in [5, 5.41) is 2.51. The van der Waals surface area contributed by atoms with Gasteiger partial charge in [-0.1, -0.05) is 0 Å². The van der Waals surface area contributed by atoms with E-state index in [9.17, 15) is 9.36 Å². The van der Waals surface area contributed by atoms with Crippen LogP contribution in [-0.2, 0) is 18.4 Å². The van der Waals surface area contributed by atoms with E-state index in [4.69, 9.17) is 9.05 Å². The minimum Gasteiger partial charge on any atom is -0.336 e. The molecule has 0 unspecified atom stereocenters. The predicted molar refractivity (Wildman–Crippen MR) is 68.3 cm³/mol. The van der Waals surface area contributed by atoms with E-state index in [-0.39, 0.29) is 30.6 Å². The molecule has 8 heteroatoms. The zero-order valence-corrected chi connectivity index (χ0v) is 12.2. The van der Waals surface area contributed by atoms with Gasteiger partial charge in [-0.2, -0.15) is 0 Å². The maximum absolute atomic E-state index is 12.4. The zero-order chi connectivity index (χ0) is 13.9. The van der Waals surface area contributed by atoms with Gasteiger partial charge in [0.15, 0.2) is 0 Å². The number of amides is 1. The van der Waals surface area contributed by atoms with Crippen molar-refractivity contribution in [3.63, 3.8) is 0 Å². The summed E-state index contributed by atoms with van der Waals surface area (Å²) in [6.07, 6.45) is -0.581. The fourth-order valence-electron chi connectivity index (χ4n) is 1.37. The molecule has 0 aromatic carbocycles. The van der Waals surface area contributed by atoms with Crippen LogP contribution in [0.2, 0.25) is 0 Å². The highest BCUT2D eigenvalue weighted by Crippen LogP contribution is 2.52. The monoisotopic (exact) mass is 277 g/mol. The molecule has 1 aliphatic heterocycles. The number of hydrogen-bond donors (Lipinski definition) is 1. The number of hydrogen-bond acceptors (Lipinski definition) is 4. The molecule has 0 saturated carbocycles. The quantitative estimate of drug-likeness (QED) is 0.767. The van der Waals surface area contributed by atoms with Gasteiger partial charge < -0.3 is 4.90 Å². The number of rotatable bonds is 5. The average molecular weight is 277 g/mol. The second-order valence-corrected chi connectivity index (χ2v) is 6.16. The molecule has 0 bridgehead atoms. The summed E-state index contributed by atoms with van der Waals surface area (Å²) in [5.74, 6) is 0.0153. The lowest BCUT2D eigenvalue weighted by molar-refractivity contribution is -0.118. The molecule has 1 rings (SSSR count). The van der Waals surface area contributed by atoms with E-state index < -0.39 is 7.75 Å². The van der Waals surface area contributed by atoms with Crippen LogP contribution in [0.4, 0.5) is 0 Å². The molecule has 0 spiro atoms. The molecule has 0 aromatic rings. The number of nitrogens with zero attached hydrogens (tertiary/aromatic N) is 2. The molecule has 7 nitrogen and oxygen atoms in total. The molecule has 0 aliphatic carbocycles. The first-order valence-electron chi connectivity index (χ1n) is 5.80. The van der Waals surface area contributed by atoms with Gasteiger partial charge in [0.05, 0.1) is 18.8 Å². The van der Waals surface area contributed by atoms with Crippen LogP contribution < -0.4 is 5.32 Å². The van der Waals surface area contributed by atoms with E-state index in [2.05, 4.69) is 10.1 Å². The Morgan fingerprint density at radius 3 is 2.11 bits per heavy atom.